The van der Waals surface area contributed by atoms with Gasteiger partial charge in [-0.1, -0.05) is 23.7 Å². The Morgan fingerprint density at radius 1 is 1.60 bits per heavy atom. The largest absolute Gasteiger partial charge is 0.387 e. The molecule has 82 valence electrons. The average Bonchev–Trinajstić information content (AvgIpc) is 2.15. The number of halogens is 1. The molecular weight excluding hydrogens is 210 g/mol. The second kappa shape index (κ2) is 5.14. The van der Waals surface area contributed by atoms with E-state index >= 15 is 0 Å². The van der Waals surface area contributed by atoms with Gasteiger partial charge in [0, 0.05) is 11.1 Å². The smallest absolute Gasteiger partial charge is 0.105 e. The molecule has 15 heavy (non-hydrogen) atoms. The van der Waals surface area contributed by atoms with Gasteiger partial charge < -0.3 is 5.73 Å². The quantitative estimate of drug-likeness (QED) is 0.610. The molecule has 0 spiro atoms. The molecule has 0 bridgehead atoms. The van der Waals surface area contributed by atoms with Gasteiger partial charge in [-0.25, -0.2) is 0 Å². The summed E-state index contributed by atoms with van der Waals surface area (Å²) in [6, 6.07) is 7.93. The molecule has 4 heteroatoms. The molecule has 0 aliphatic rings. The number of amidine groups is 1. The highest BCUT2D eigenvalue weighted by Gasteiger charge is 2.12. The summed E-state index contributed by atoms with van der Waals surface area (Å²) in [5, 5.41) is 7.96. The van der Waals surface area contributed by atoms with Crippen molar-refractivity contribution >= 4 is 17.4 Å². The van der Waals surface area contributed by atoms with E-state index in [-0.39, 0.29) is 11.9 Å². The third kappa shape index (κ3) is 3.53. The second-order valence-corrected chi connectivity index (χ2v) is 4.11. The normalized spacial score (nSPS) is 12.8. The summed E-state index contributed by atoms with van der Waals surface area (Å²) in [5.74, 6) is 0.173. The summed E-state index contributed by atoms with van der Waals surface area (Å²) in [6.45, 7) is 2.53. The Balaban J connectivity index is 2.75. The van der Waals surface area contributed by atoms with Gasteiger partial charge in [0.05, 0.1) is 6.54 Å². The van der Waals surface area contributed by atoms with Crippen molar-refractivity contribution in [1.82, 2.24) is 4.90 Å². The highest BCUT2D eigenvalue weighted by atomic mass is 35.5. The number of nitrogens with two attached hydrogens (primary N) is 1. The van der Waals surface area contributed by atoms with E-state index in [9.17, 15) is 0 Å². The molecule has 0 saturated carbocycles. The third-order valence-electron chi connectivity index (χ3n) is 2.41. The first-order valence-electron chi connectivity index (χ1n) is 4.79. The summed E-state index contributed by atoms with van der Waals surface area (Å²) in [6.07, 6.45) is 0. The highest BCUT2D eigenvalue weighted by Crippen LogP contribution is 2.21. The number of hydrogen-bond acceptors (Lipinski definition) is 2. The van der Waals surface area contributed by atoms with E-state index in [1.54, 1.807) is 0 Å². The van der Waals surface area contributed by atoms with Crippen molar-refractivity contribution < 1.29 is 0 Å². The van der Waals surface area contributed by atoms with Gasteiger partial charge in [0.25, 0.3) is 0 Å². The lowest BCUT2D eigenvalue weighted by Crippen LogP contribution is -2.32. The molecule has 3 nitrogen and oxygen atoms in total. The number of likely N-dealkylation sites (N-methyl/N-ethyl adjacent to an activating group) is 1. The first-order chi connectivity index (χ1) is 7.00. The van der Waals surface area contributed by atoms with E-state index < -0.39 is 0 Å². The Morgan fingerprint density at radius 3 is 2.80 bits per heavy atom. The summed E-state index contributed by atoms with van der Waals surface area (Å²) in [5.41, 5.74) is 6.49. The van der Waals surface area contributed by atoms with Crippen molar-refractivity contribution in [3.63, 3.8) is 0 Å². The Kier molecular flexibility index (Phi) is 4.12. The van der Waals surface area contributed by atoms with Crippen molar-refractivity contribution in [2.45, 2.75) is 13.0 Å². The van der Waals surface area contributed by atoms with Gasteiger partial charge in [0.15, 0.2) is 0 Å². The summed E-state index contributed by atoms with van der Waals surface area (Å²) >= 11 is 5.91. The van der Waals surface area contributed by atoms with Crippen LogP contribution in [0.4, 0.5) is 0 Å². The summed E-state index contributed by atoms with van der Waals surface area (Å²) < 4.78 is 0. The fourth-order valence-electron chi connectivity index (χ4n) is 1.43. The SMILES string of the molecule is CC(c1cccc(Cl)c1)N(C)CC(=N)N. The fraction of sp³-hybridized carbons (Fsp3) is 0.364. The molecule has 0 radical (unpaired) electrons. The lowest BCUT2D eigenvalue weighted by atomic mass is 10.1. The van der Waals surface area contributed by atoms with Gasteiger partial charge in [0.2, 0.25) is 0 Å². The van der Waals surface area contributed by atoms with Crippen LogP contribution < -0.4 is 5.73 Å². The van der Waals surface area contributed by atoms with Gasteiger partial charge >= 0.3 is 0 Å². The molecule has 1 atom stereocenters. The van der Waals surface area contributed by atoms with Crippen LogP contribution in [-0.4, -0.2) is 24.3 Å². The minimum atomic E-state index is 0.173. The number of hydrogen-bond donors (Lipinski definition) is 2. The van der Waals surface area contributed by atoms with Crippen LogP contribution in [0.1, 0.15) is 18.5 Å². The minimum Gasteiger partial charge on any atom is -0.387 e. The zero-order valence-electron chi connectivity index (χ0n) is 9.00. The zero-order valence-corrected chi connectivity index (χ0v) is 9.75. The molecule has 0 heterocycles. The number of rotatable bonds is 4. The van der Waals surface area contributed by atoms with Crippen LogP contribution >= 0.6 is 11.6 Å². The number of nitrogens with zero attached hydrogens (tertiary/aromatic N) is 1. The molecule has 0 amide bonds. The van der Waals surface area contributed by atoms with E-state index in [0.717, 1.165) is 10.6 Å². The first kappa shape index (κ1) is 12.0. The predicted octanol–water partition coefficient (Wildman–Crippen LogP) is 2.27. The van der Waals surface area contributed by atoms with E-state index in [1.165, 1.54) is 0 Å². The van der Waals surface area contributed by atoms with Gasteiger partial charge in [-0.3, -0.25) is 10.3 Å². The Hall–Kier alpha value is -1.06. The molecule has 0 aromatic heterocycles. The van der Waals surface area contributed by atoms with Gasteiger partial charge in [-0.2, -0.15) is 0 Å². The Morgan fingerprint density at radius 2 is 2.27 bits per heavy atom. The minimum absolute atomic E-state index is 0.173. The van der Waals surface area contributed by atoms with Crippen molar-refractivity contribution in [2.24, 2.45) is 5.73 Å². The summed E-state index contributed by atoms with van der Waals surface area (Å²) in [7, 11) is 1.94. The Bertz CT molecular complexity index is 351. The molecule has 1 rings (SSSR count). The number of nitrogens with one attached hydrogen (secondary N) is 1. The molecular formula is C11H16ClN3. The molecule has 3 N–H and O–H groups in total. The molecule has 0 aliphatic heterocycles. The van der Waals surface area contributed by atoms with Crippen molar-refractivity contribution in [2.75, 3.05) is 13.6 Å². The molecule has 1 aromatic carbocycles. The van der Waals surface area contributed by atoms with E-state index in [1.807, 2.05) is 36.2 Å². The molecule has 1 aromatic rings. The van der Waals surface area contributed by atoms with Crippen molar-refractivity contribution in [3.8, 4) is 0 Å². The van der Waals surface area contributed by atoms with Crippen LogP contribution in [-0.2, 0) is 0 Å². The van der Waals surface area contributed by atoms with Crippen LogP contribution in [0.15, 0.2) is 24.3 Å². The zero-order chi connectivity index (χ0) is 11.4. The standard InChI is InChI=1S/C11H16ClN3/c1-8(15(2)7-11(13)14)9-4-3-5-10(12)6-9/h3-6,8H,7H2,1-2H3,(H3,13,14). The maximum Gasteiger partial charge on any atom is 0.105 e. The van der Waals surface area contributed by atoms with Gasteiger partial charge in [-0.15, -0.1) is 0 Å². The van der Waals surface area contributed by atoms with Crippen molar-refractivity contribution in [3.05, 3.63) is 34.9 Å². The maximum absolute atomic E-state index is 7.23. The van der Waals surface area contributed by atoms with Crippen LogP contribution in [0, 0.1) is 5.41 Å². The lowest BCUT2D eigenvalue weighted by Gasteiger charge is -2.24. The van der Waals surface area contributed by atoms with E-state index in [0.29, 0.717) is 6.54 Å². The van der Waals surface area contributed by atoms with E-state index in [4.69, 9.17) is 22.7 Å². The van der Waals surface area contributed by atoms with Crippen LogP contribution in [0.2, 0.25) is 5.02 Å². The second-order valence-electron chi connectivity index (χ2n) is 3.67. The fourth-order valence-corrected chi connectivity index (χ4v) is 1.63. The average molecular weight is 226 g/mol. The topological polar surface area (TPSA) is 53.1 Å². The third-order valence-corrected chi connectivity index (χ3v) is 2.65. The van der Waals surface area contributed by atoms with Crippen LogP contribution in [0.3, 0.4) is 0 Å². The molecule has 1 unspecified atom stereocenters. The maximum atomic E-state index is 7.23. The number of benzene rings is 1. The molecule has 0 fully saturated rings. The van der Waals surface area contributed by atoms with Gasteiger partial charge in [0.1, 0.15) is 5.84 Å². The van der Waals surface area contributed by atoms with E-state index in [2.05, 4.69) is 6.92 Å². The van der Waals surface area contributed by atoms with Crippen molar-refractivity contribution in [1.29, 1.82) is 5.41 Å². The Labute approximate surface area is 95.3 Å². The molecule has 0 aliphatic carbocycles. The first-order valence-corrected chi connectivity index (χ1v) is 5.17. The molecule has 0 saturated heterocycles. The summed E-state index contributed by atoms with van der Waals surface area (Å²) in [4.78, 5) is 2.01. The van der Waals surface area contributed by atoms with Crippen LogP contribution in [0.25, 0.3) is 0 Å². The van der Waals surface area contributed by atoms with Crippen LogP contribution in [0.5, 0.6) is 0 Å². The highest BCUT2D eigenvalue weighted by molar-refractivity contribution is 6.30. The predicted molar refractivity (Wildman–Crippen MR) is 64.4 cm³/mol. The monoisotopic (exact) mass is 225 g/mol. The lowest BCUT2D eigenvalue weighted by molar-refractivity contribution is 0.297. The van der Waals surface area contributed by atoms with Gasteiger partial charge in [-0.05, 0) is 31.7 Å².